The molecular weight excluding hydrogens is 296 g/mol. The number of nitrogens with one attached hydrogen (secondary N) is 1. The number of anilines is 1. The van der Waals surface area contributed by atoms with Crippen molar-refractivity contribution in [3.05, 3.63) is 68.7 Å². The minimum Gasteiger partial charge on any atom is -0.321 e. The standard InChI is InChI=1S/C14H9ClN2O4/c15-12-2-1-3-13(11(12)8-18)16-14(19)9-4-6-10(7-5-9)17(20)21/h1-8H,(H,16,19). The van der Waals surface area contributed by atoms with Crippen LogP contribution in [0, 0.1) is 10.1 Å². The van der Waals surface area contributed by atoms with Gasteiger partial charge in [-0.3, -0.25) is 19.7 Å². The molecule has 0 aromatic heterocycles. The van der Waals surface area contributed by atoms with Crippen LogP contribution in [0.5, 0.6) is 0 Å². The number of nitro groups is 1. The summed E-state index contributed by atoms with van der Waals surface area (Å²) < 4.78 is 0. The van der Waals surface area contributed by atoms with Crippen molar-refractivity contribution >= 4 is 35.2 Å². The average molecular weight is 305 g/mol. The van der Waals surface area contributed by atoms with Gasteiger partial charge < -0.3 is 5.32 Å². The van der Waals surface area contributed by atoms with E-state index in [0.29, 0.717) is 6.29 Å². The first kappa shape index (κ1) is 14.7. The zero-order valence-corrected chi connectivity index (χ0v) is 11.3. The van der Waals surface area contributed by atoms with E-state index in [1.807, 2.05) is 0 Å². The van der Waals surface area contributed by atoms with Gasteiger partial charge in [-0.15, -0.1) is 0 Å². The van der Waals surface area contributed by atoms with Crippen LogP contribution in [0.4, 0.5) is 11.4 Å². The fourth-order valence-electron chi connectivity index (χ4n) is 1.69. The molecule has 0 unspecified atom stereocenters. The van der Waals surface area contributed by atoms with E-state index in [0.717, 1.165) is 0 Å². The number of nitrogens with zero attached hydrogens (tertiary/aromatic N) is 1. The Labute approximate surface area is 124 Å². The number of hydrogen-bond donors (Lipinski definition) is 1. The van der Waals surface area contributed by atoms with Gasteiger partial charge in [0.15, 0.2) is 6.29 Å². The summed E-state index contributed by atoms with van der Waals surface area (Å²) in [4.78, 5) is 33.0. The van der Waals surface area contributed by atoms with Crippen molar-refractivity contribution in [2.75, 3.05) is 5.32 Å². The summed E-state index contributed by atoms with van der Waals surface area (Å²) in [5.41, 5.74) is 0.579. The van der Waals surface area contributed by atoms with Crippen LogP contribution in [0.3, 0.4) is 0 Å². The van der Waals surface area contributed by atoms with Crippen molar-refractivity contribution in [2.24, 2.45) is 0 Å². The van der Waals surface area contributed by atoms with Crippen molar-refractivity contribution < 1.29 is 14.5 Å². The second kappa shape index (κ2) is 6.15. The first-order chi connectivity index (χ1) is 10.0. The molecule has 2 rings (SSSR count). The highest BCUT2D eigenvalue weighted by Gasteiger charge is 2.12. The summed E-state index contributed by atoms with van der Waals surface area (Å²) in [5.74, 6) is -0.490. The largest absolute Gasteiger partial charge is 0.321 e. The summed E-state index contributed by atoms with van der Waals surface area (Å²) in [6, 6.07) is 9.80. The van der Waals surface area contributed by atoms with E-state index in [1.165, 1.54) is 30.3 Å². The molecule has 0 saturated carbocycles. The number of carbonyl (C=O) groups excluding carboxylic acids is 2. The molecule has 0 spiro atoms. The molecule has 0 fully saturated rings. The fraction of sp³-hybridized carbons (Fsp3) is 0. The quantitative estimate of drug-likeness (QED) is 0.533. The average Bonchev–Trinajstić information content (AvgIpc) is 2.47. The number of hydrogen-bond acceptors (Lipinski definition) is 4. The van der Waals surface area contributed by atoms with E-state index in [2.05, 4.69) is 5.32 Å². The molecule has 1 N–H and O–H groups in total. The predicted octanol–water partition coefficient (Wildman–Crippen LogP) is 3.31. The second-order valence-electron chi connectivity index (χ2n) is 4.08. The van der Waals surface area contributed by atoms with Crippen molar-refractivity contribution in [2.45, 2.75) is 0 Å². The zero-order valence-electron chi connectivity index (χ0n) is 10.6. The molecule has 7 heteroatoms. The maximum absolute atomic E-state index is 12.0. The Morgan fingerprint density at radius 2 is 1.86 bits per heavy atom. The first-order valence-corrected chi connectivity index (χ1v) is 6.20. The molecule has 2 aromatic rings. The Morgan fingerprint density at radius 3 is 2.43 bits per heavy atom. The molecule has 0 aliphatic carbocycles. The van der Waals surface area contributed by atoms with Crippen LogP contribution in [0.1, 0.15) is 20.7 Å². The van der Waals surface area contributed by atoms with Gasteiger partial charge in [-0.25, -0.2) is 0 Å². The van der Waals surface area contributed by atoms with Crippen LogP contribution in [0.25, 0.3) is 0 Å². The van der Waals surface area contributed by atoms with Crippen LogP contribution in [0.2, 0.25) is 5.02 Å². The monoisotopic (exact) mass is 304 g/mol. The predicted molar refractivity (Wildman–Crippen MR) is 77.9 cm³/mol. The normalized spacial score (nSPS) is 9.95. The highest BCUT2D eigenvalue weighted by molar-refractivity contribution is 6.33. The van der Waals surface area contributed by atoms with Gasteiger partial charge in [-0.1, -0.05) is 17.7 Å². The third-order valence-electron chi connectivity index (χ3n) is 2.76. The first-order valence-electron chi connectivity index (χ1n) is 5.82. The third kappa shape index (κ3) is 3.24. The number of non-ortho nitro benzene ring substituents is 1. The van der Waals surface area contributed by atoms with E-state index >= 15 is 0 Å². The number of carbonyl (C=O) groups is 2. The van der Waals surface area contributed by atoms with E-state index in [-0.39, 0.29) is 27.5 Å². The number of aldehydes is 1. The maximum Gasteiger partial charge on any atom is 0.269 e. The van der Waals surface area contributed by atoms with Gasteiger partial charge in [0.1, 0.15) is 0 Å². The van der Waals surface area contributed by atoms with Crippen LogP contribution in [-0.2, 0) is 0 Å². The van der Waals surface area contributed by atoms with Crippen molar-refractivity contribution in [1.82, 2.24) is 0 Å². The van der Waals surface area contributed by atoms with E-state index in [1.54, 1.807) is 12.1 Å². The lowest BCUT2D eigenvalue weighted by molar-refractivity contribution is -0.384. The van der Waals surface area contributed by atoms with Gasteiger partial charge in [0.25, 0.3) is 11.6 Å². The number of rotatable bonds is 4. The second-order valence-corrected chi connectivity index (χ2v) is 4.48. The molecule has 0 saturated heterocycles. The van der Waals surface area contributed by atoms with Crippen molar-refractivity contribution in [1.29, 1.82) is 0 Å². The Kier molecular flexibility index (Phi) is 4.30. The summed E-state index contributed by atoms with van der Waals surface area (Å²) in [6.45, 7) is 0. The molecule has 106 valence electrons. The number of benzene rings is 2. The van der Waals surface area contributed by atoms with Crippen LogP contribution in [-0.4, -0.2) is 17.1 Å². The third-order valence-corrected chi connectivity index (χ3v) is 3.09. The SMILES string of the molecule is O=Cc1c(Cl)cccc1NC(=O)c1ccc([N+](=O)[O-])cc1. The summed E-state index contributed by atoms with van der Waals surface area (Å²) >= 11 is 5.86. The van der Waals surface area contributed by atoms with E-state index in [4.69, 9.17) is 11.6 Å². The zero-order chi connectivity index (χ0) is 15.4. The molecule has 0 atom stereocenters. The fourth-order valence-corrected chi connectivity index (χ4v) is 1.91. The lowest BCUT2D eigenvalue weighted by atomic mass is 10.1. The Balaban J connectivity index is 2.24. The molecule has 21 heavy (non-hydrogen) atoms. The maximum atomic E-state index is 12.0. The lowest BCUT2D eigenvalue weighted by Gasteiger charge is -2.08. The van der Waals surface area contributed by atoms with E-state index < -0.39 is 10.8 Å². The van der Waals surface area contributed by atoms with Gasteiger partial charge in [0.05, 0.1) is 21.2 Å². The molecule has 1 amide bonds. The molecule has 0 heterocycles. The van der Waals surface area contributed by atoms with Crippen molar-refractivity contribution in [3.63, 3.8) is 0 Å². The molecule has 0 aliphatic heterocycles. The molecule has 0 aliphatic rings. The lowest BCUT2D eigenvalue weighted by Crippen LogP contribution is -2.13. The summed E-state index contributed by atoms with van der Waals surface area (Å²) in [7, 11) is 0. The minimum atomic E-state index is -0.552. The minimum absolute atomic E-state index is 0.108. The van der Waals surface area contributed by atoms with Crippen LogP contribution in [0.15, 0.2) is 42.5 Å². The highest BCUT2D eigenvalue weighted by atomic mass is 35.5. The van der Waals surface area contributed by atoms with Crippen molar-refractivity contribution in [3.8, 4) is 0 Å². The van der Waals surface area contributed by atoms with Crippen LogP contribution >= 0.6 is 11.6 Å². The number of nitro benzene ring substituents is 1. The Morgan fingerprint density at radius 1 is 1.19 bits per heavy atom. The molecule has 0 radical (unpaired) electrons. The van der Waals surface area contributed by atoms with Crippen LogP contribution < -0.4 is 5.32 Å². The topological polar surface area (TPSA) is 89.3 Å². The van der Waals surface area contributed by atoms with Gasteiger partial charge in [0, 0.05) is 17.7 Å². The summed E-state index contributed by atoms with van der Waals surface area (Å²) in [6.07, 6.45) is 0.549. The molecule has 2 aromatic carbocycles. The van der Waals surface area contributed by atoms with E-state index in [9.17, 15) is 19.7 Å². The number of halogens is 1. The molecular formula is C14H9ClN2O4. The molecule has 0 bridgehead atoms. The number of amides is 1. The highest BCUT2D eigenvalue weighted by Crippen LogP contribution is 2.23. The van der Waals surface area contributed by atoms with Gasteiger partial charge in [0.2, 0.25) is 0 Å². The Bertz CT molecular complexity index is 713. The van der Waals surface area contributed by atoms with Gasteiger partial charge in [-0.2, -0.15) is 0 Å². The smallest absolute Gasteiger partial charge is 0.269 e. The Hall–Kier alpha value is -2.73. The summed E-state index contributed by atoms with van der Waals surface area (Å²) in [5, 5.41) is 13.3. The molecule has 6 nitrogen and oxygen atoms in total. The van der Waals surface area contributed by atoms with Gasteiger partial charge >= 0.3 is 0 Å². The van der Waals surface area contributed by atoms with Gasteiger partial charge in [-0.05, 0) is 24.3 Å².